The molecule has 0 heterocycles. The highest BCUT2D eigenvalue weighted by molar-refractivity contribution is 6.31. The third-order valence-electron chi connectivity index (χ3n) is 12.2. The largest absolute Gasteiger partial charge is 0.469 e. The van der Waals surface area contributed by atoms with Crippen LogP contribution in [-0.4, -0.2) is 91.0 Å². The maximum atomic E-state index is 13.5. The summed E-state index contributed by atoms with van der Waals surface area (Å²) in [7, 11) is 2.58. The van der Waals surface area contributed by atoms with Crippen LogP contribution in [0.5, 0.6) is 0 Å². The molecule has 8 rings (SSSR count). The predicted molar refractivity (Wildman–Crippen MR) is 289 cm³/mol. The van der Waals surface area contributed by atoms with Gasteiger partial charge in [0.25, 0.3) is 0 Å². The van der Waals surface area contributed by atoms with Crippen molar-refractivity contribution in [3.63, 3.8) is 0 Å². The number of alkyl halides is 2. The highest BCUT2D eigenvalue weighted by Gasteiger charge is 2.32. The van der Waals surface area contributed by atoms with E-state index in [1.165, 1.54) is 44.6 Å². The van der Waals surface area contributed by atoms with Gasteiger partial charge in [0.05, 0.1) is 32.6 Å². The summed E-state index contributed by atoms with van der Waals surface area (Å²) in [5.41, 5.74) is 5.06. The molecule has 2 aliphatic carbocycles. The van der Waals surface area contributed by atoms with E-state index in [1.54, 1.807) is 78.9 Å². The van der Waals surface area contributed by atoms with Gasteiger partial charge in [0.15, 0.2) is 34.7 Å². The van der Waals surface area contributed by atoms with Gasteiger partial charge in [-0.25, -0.2) is 4.79 Å². The lowest BCUT2D eigenvalue weighted by molar-refractivity contribution is -0.144. The molecule has 0 aromatic heterocycles. The van der Waals surface area contributed by atoms with Gasteiger partial charge in [-0.2, -0.15) is 0 Å². The number of hydrogen-bond acceptors (Lipinski definition) is 13. The quantitative estimate of drug-likeness (QED) is 0.0539. The first kappa shape index (κ1) is 58.6. The topological polar surface area (TPSA) is 225 Å². The molecule has 0 aliphatic heterocycles. The van der Waals surface area contributed by atoms with Gasteiger partial charge >= 0.3 is 11.9 Å². The van der Waals surface area contributed by atoms with Crippen LogP contribution in [0, 0.1) is 0 Å². The van der Waals surface area contributed by atoms with Gasteiger partial charge in [-0.1, -0.05) is 99.8 Å². The number of Topliss-reactive ketones (excluding diaryl/α,β-unsaturated/α-hetero) is 2. The molecule has 0 saturated carbocycles. The highest BCUT2D eigenvalue weighted by Crippen LogP contribution is 2.32. The summed E-state index contributed by atoms with van der Waals surface area (Å²) in [6.07, 6.45) is 0.323. The lowest BCUT2D eigenvalue weighted by Crippen LogP contribution is -2.34. The van der Waals surface area contributed by atoms with E-state index >= 15 is 0 Å². The van der Waals surface area contributed by atoms with Gasteiger partial charge in [-0.15, -0.1) is 23.2 Å². The number of anilines is 2. The molecule has 0 radical (unpaired) electrons. The number of carbonyl (C=O) groups excluding carboxylic acids is 10. The minimum absolute atomic E-state index is 0. The first-order chi connectivity index (χ1) is 35.6. The molecular weight excluding hydrogens is 1010 g/mol. The molecule has 76 heavy (non-hydrogen) atoms. The summed E-state index contributed by atoms with van der Waals surface area (Å²) in [4.78, 5) is 126. The molecule has 0 unspecified atom stereocenters. The number of ether oxygens (including phenoxy) is 2. The number of amides is 2. The Bertz CT molecular complexity index is 3020. The Kier molecular flexibility index (Phi) is 20.7. The van der Waals surface area contributed by atoms with Crippen LogP contribution in [0.25, 0.3) is 0 Å². The van der Waals surface area contributed by atoms with Crippen LogP contribution in [0.4, 0.5) is 11.4 Å². The number of esters is 2. The number of rotatable bonds is 18. The van der Waals surface area contributed by atoms with E-state index in [2.05, 4.69) is 16.0 Å². The van der Waals surface area contributed by atoms with Crippen LogP contribution in [0.2, 0.25) is 0 Å². The average molecular weight is 1070 g/mol. The molecular formula is C59H55Cl2N3O12. The van der Waals surface area contributed by atoms with Crippen molar-refractivity contribution in [3.05, 3.63) is 200 Å². The van der Waals surface area contributed by atoms with Gasteiger partial charge in [-0.3, -0.25) is 48.5 Å². The number of ketones is 6. The summed E-state index contributed by atoms with van der Waals surface area (Å²) in [5, 5.41) is 8.26. The minimum Gasteiger partial charge on any atom is -0.469 e. The Morgan fingerprint density at radius 2 is 0.895 bits per heavy atom. The SMILES string of the molecule is C.C.COC(=O)[C@@H](CCC(=O)Nc1ccc2c(c1)C(=O)c1ccc(CC(=O)CN[C@H](C(=O)OC)c3ccccc3)cc1C2=O)c1ccccc1.O=C(CCl)Cc1ccc2c(c1)C(=O)c1ccc(NC(=O)CCl)cc1C2=O. The fourth-order valence-corrected chi connectivity index (χ4v) is 8.75. The third-order valence-corrected chi connectivity index (χ3v) is 12.8. The zero-order valence-corrected chi connectivity index (χ0v) is 41.5. The normalized spacial score (nSPS) is 12.5. The van der Waals surface area contributed by atoms with Gasteiger partial charge in [0.2, 0.25) is 11.8 Å². The van der Waals surface area contributed by atoms with E-state index in [-0.39, 0.29) is 144 Å². The number of methoxy groups -OCH3 is 2. The van der Waals surface area contributed by atoms with Crippen molar-refractivity contribution >= 4 is 93.0 Å². The highest BCUT2D eigenvalue weighted by atomic mass is 35.5. The Morgan fingerprint density at radius 1 is 0.474 bits per heavy atom. The van der Waals surface area contributed by atoms with Crippen molar-refractivity contribution in [2.45, 2.75) is 52.5 Å². The van der Waals surface area contributed by atoms with Crippen LogP contribution in [0.3, 0.4) is 0 Å². The lowest BCUT2D eigenvalue weighted by atomic mass is 9.82. The number of hydrogen-bond donors (Lipinski definition) is 3. The summed E-state index contributed by atoms with van der Waals surface area (Å²) in [5.74, 6) is -4.42. The molecule has 2 atom stereocenters. The zero-order chi connectivity index (χ0) is 53.1. The Morgan fingerprint density at radius 3 is 1.34 bits per heavy atom. The Balaban J connectivity index is 0.000000322. The number of benzene rings is 6. The molecule has 3 N–H and O–H groups in total. The van der Waals surface area contributed by atoms with Crippen molar-refractivity contribution in [2.75, 3.05) is 43.2 Å². The monoisotopic (exact) mass is 1070 g/mol. The second-order valence-electron chi connectivity index (χ2n) is 17.2. The third kappa shape index (κ3) is 13.7. The maximum absolute atomic E-state index is 13.5. The van der Waals surface area contributed by atoms with E-state index < -0.39 is 29.8 Å². The predicted octanol–water partition coefficient (Wildman–Crippen LogP) is 9.01. The number of carbonyl (C=O) groups is 10. The van der Waals surface area contributed by atoms with Gasteiger partial charge in [0.1, 0.15) is 11.9 Å². The van der Waals surface area contributed by atoms with Crippen LogP contribution in [-0.2, 0) is 51.1 Å². The van der Waals surface area contributed by atoms with Crippen LogP contribution in [0.15, 0.2) is 133 Å². The molecule has 15 nitrogen and oxygen atoms in total. The van der Waals surface area contributed by atoms with E-state index in [1.807, 2.05) is 24.3 Å². The maximum Gasteiger partial charge on any atom is 0.327 e. The number of nitrogens with one attached hydrogen (secondary N) is 3. The van der Waals surface area contributed by atoms with Crippen molar-refractivity contribution in [3.8, 4) is 0 Å². The molecule has 17 heteroatoms. The Labute approximate surface area is 449 Å². The van der Waals surface area contributed by atoms with Crippen LogP contribution < -0.4 is 16.0 Å². The van der Waals surface area contributed by atoms with Gasteiger partial charge in [0, 0.05) is 75.1 Å². The van der Waals surface area contributed by atoms with Gasteiger partial charge in [-0.05, 0) is 77.2 Å². The fourth-order valence-electron chi connectivity index (χ4n) is 8.59. The number of fused-ring (bicyclic) bond motifs is 4. The fraction of sp³-hybridized carbons (Fsp3) is 0.220. The first-order valence-corrected chi connectivity index (χ1v) is 24.2. The van der Waals surface area contributed by atoms with Crippen molar-refractivity contribution in [1.82, 2.24) is 5.32 Å². The van der Waals surface area contributed by atoms with E-state index in [0.29, 0.717) is 28.1 Å². The molecule has 0 spiro atoms. The second-order valence-corrected chi connectivity index (χ2v) is 17.7. The first-order valence-electron chi connectivity index (χ1n) is 23.1. The minimum atomic E-state index is -0.819. The summed E-state index contributed by atoms with van der Waals surface area (Å²) in [6, 6.07) is 35.6. The van der Waals surface area contributed by atoms with E-state index in [4.69, 9.17) is 32.7 Å². The molecule has 392 valence electrons. The van der Waals surface area contributed by atoms with E-state index in [0.717, 1.165) is 5.56 Å². The van der Waals surface area contributed by atoms with Crippen molar-refractivity contribution < 1.29 is 57.4 Å². The van der Waals surface area contributed by atoms with Crippen molar-refractivity contribution in [1.29, 1.82) is 0 Å². The molecule has 0 fully saturated rings. The number of halogens is 2. The molecule has 6 aromatic rings. The Hall–Kier alpha value is -8.24. The van der Waals surface area contributed by atoms with Crippen molar-refractivity contribution in [2.24, 2.45) is 0 Å². The van der Waals surface area contributed by atoms with E-state index in [9.17, 15) is 47.9 Å². The summed E-state index contributed by atoms with van der Waals surface area (Å²) < 4.78 is 9.81. The lowest BCUT2D eigenvalue weighted by Gasteiger charge is -2.20. The summed E-state index contributed by atoms with van der Waals surface area (Å²) >= 11 is 11.0. The zero-order valence-electron chi connectivity index (χ0n) is 40.0. The second kappa shape index (κ2) is 26.8. The molecule has 0 bridgehead atoms. The standard InChI is InChI=1S/C38H34N2O8.C19H13Cl2NO4.2CH4/c1-47-37(45)28(24-9-5-3-6-10-24)17-18-33(42)40-26-14-16-30-32(21-26)36(44)29-15-13-23(20-31(29)35(30)43)19-27(41)22-39-34(38(46)48-2)25-11-7-4-8-12-25;20-8-12(23)5-10-1-3-13-15(6-10)18(25)14-4-2-11(22-17(24)9-21)7-16(14)19(13)26;;/h3-16,20-21,28,34,39H,17-19,22H2,1-2H3,(H,40,42);1-4,6-7H,5,8-9H2,(H,22,24);2*1H4/t28-,34-;;;/m0.../s1. The smallest absolute Gasteiger partial charge is 0.327 e. The molecule has 6 aromatic carbocycles. The van der Waals surface area contributed by atoms with Crippen LogP contribution in [0.1, 0.15) is 126 Å². The van der Waals surface area contributed by atoms with Gasteiger partial charge < -0.3 is 20.1 Å². The summed E-state index contributed by atoms with van der Waals surface area (Å²) in [6.45, 7) is -0.119. The molecule has 0 saturated heterocycles. The van der Waals surface area contributed by atoms with Crippen LogP contribution >= 0.6 is 23.2 Å². The average Bonchev–Trinajstić information content (AvgIpc) is 3.42. The molecule has 2 aliphatic rings. The molecule has 2 amide bonds.